The Balaban J connectivity index is 1.69. The standard InChI is InChI=1S/C14H14N4OS2/c15-18-13-8-5-20-6-9(8)16-14(17-13)11-7-21-12-4-2-1-3-10(12)19-11/h1-4,11H,5-7,15H2,(H,16,17,18). The van der Waals surface area contributed by atoms with Gasteiger partial charge in [-0.15, -0.1) is 11.8 Å². The van der Waals surface area contributed by atoms with E-state index in [-0.39, 0.29) is 6.10 Å². The lowest BCUT2D eigenvalue weighted by Gasteiger charge is -2.25. The molecule has 0 radical (unpaired) electrons. The van der Waals surface area contributed by atoms with Crippen LogP contribution in [0, 0.1) is 0 Å². The van der Waals surface area contributed by atoms with Gasteiger partial charge in [0, 0.05) is 27.7 Å². The number of rotatable bonds is 2. The van der Waals surface area contributed by atoms with Crippen molar-refractivity contribution in [3.63, 3.8) is 0 Å². The predicted octanol–water partition coefficient (Wildman–Crippen LogP) is 2.73. The molecular formula is C14H14N4OS2. The number of nitrogens with one attached hydrogen (secondary N) is 1. The molecule has 2 aromatic rings. The van der Waals surface area contributed by atoms with Crippen LogP contribution in [0.3, 0.4) is 0 Å². The lowest BCUT2D eigenvalue weighted by Crippen LogP contribution is -2.21. The van der Waals surface area contributed by atoms with Crippen molar-refractivity contribution in [2.45, 2.75) is 22.5 Å². The summed E-state index contributed by atoms with van der Waals surface area (Å²) in [7, 11) is 0. The molecule has 2 aliphatic heterocycles. The fourth-order valence-corrected chi connectivity index (χ4v) is 4.50. The number of hydrogen-bond donors (Lipinski definition) is 2. The van der Waals surface area contributed by atoms with E-state index in [1.54, 1.807) is 11.8 Å². The second-order valence-electron chi connectivity index (χ2n) is 4.86. The molecule has 108 valence electrons. The van der Waals surface area contributed by atoms with Crippen LogP contribution in [0.15, 0.2) is 29.2 Å². The minimum Gasteiger partial charge on any atom is -0.480 e. The van der Waals surface area contributed by atoms with Crippen LogP contribution in [0.2, 0.25) is 0 Å². The molecule has 0 bridgehead atoms. The van der Waals surface area contributed by atoms with Gasteiger partial charge in [-0.3, -0.25) is 0 Å². The number of nitrogen functional groups attached to an aromatic ring is 1. The lowest BCUT2D eigenvalue weighted by molar-refractivity contribution is 0.210. The molecule has 5 nitrogen and oxygen atoms in total. The van der Waals surface area contributed by atoms with Crippen molar-refractivity contribution < 1.29 is 4.74 Å². The SMILES string of the molecule is NNc1nc(C2CSc3ccccc3O2)nc2c1CSC2. The summed E-state index contributed by atoms with van der Waals surface area (Å²) in [6.07, 6.45) is -0.132. The first-order valence-corrected chi connectivity index (χ1v) is 8.81. The number of anilines is 1. The van der Waals surface area contributed by atoms with Crippen LogP contribution < -0.4 is 16.0 Å². The van der Waals surface area contributed by atoms with Crippen molar-refractivity contribution in [1.82, 2.24) is 9.97 Å². The average molecular weight is 318 g/mol. The molecule has 1 atom stereocenters. The number of nitrogens with two attached hydrogens (primary N) is 1. The molecule has 0 saturated heterocycles. The molecule has 0 aliphatic carbocycles. The van der Waals surface area contributed by atoms with Gasteiger partial charge in [-0.2, -0.15) is 11.8 Å². The van der Waals surface area contributed by atoms with Crippen molar-refractivity contribution >= 4 is 29.3 Å². The molecule has 1 aromatic carbocycles. The summed E-state index contributed by atoms with van der Waals surface area (Å²) in [6.45, 7) is 0. The molecule has 3 N–H and O–H groups in total. The third kappa shape index (κ3) is 2.35. The lowest BCUT2D eigenvalue weighted by atomic mass is 10.2. The summed E-state index contributed by atoms with van der Waals surface area (Å²) >= 11 is 3.61. The van der Waals surface area contributed by atoms with Gasteiger partial charge in [-0.1, -0.05) is 12.1 Å². The van der Waals surface area contributed by atoms with Crippen LogP contribution in [0.1, 0.15) is 23.2 Å². The molecule has 7 heteroatoms. The van der Waals surface area contributed by atoms with E-state index in [1.807, 2.05) is 30.0 Å². The highest BCUT2D eigenvalue weighted by Crippen LogP contribution is 2.40. The largest absolute Gasteiger partial charge is 0.480 e. The van der Waals surface area contributed by atoms with Gasteiger partial charge in [-0.05, 0) is 12.1 Å². The van der Waals surface area contributed by atoms with Crippen molar-refractivity contribution in [2.24, 2.45) is 5.84 Å². The monoisotopic (exact) mass is 318 g/mol. The number of thioether (sulfide) groups is 2. The van der Waals surface area contributed by atoms with E-state index in [4.69, 9.17) is 15.6 Å². The van der Waals surface area contributed by atoms with E-state index in [2.05, 4.69) is 16.5 Å². The number of hydrogen-bond acceptors (Lipinski definition) is 7. The maximum Gasteiger partial charge on any atom is 0.172 e. The number of fused-ring (bicyclic) bond motifs is 2. The van der Waals surface area contributed by atoms with Gasteiger partial charge in [0.1, 0.15) is 11.6 Å². The number of nitrogens with zero attached hydrogens (tertiary/aromatic N) is 2. The van der Waals surface area contributed by atoms with Crippen molar-refractivity contribution in [2.75, 3.05) is 11.2 Å². The third-order valence-electron chi connectivity index (χ3n) is 3.53. The topological polar surface area (TPSA) is 73.1 Å². The summed E-state index contributed by atoms with van der Waals surface area (Å²) in [4.78, 5) is 10.4. The third-order valence-corrected chi connectivity index (χ3v) is 5.62. The second kappa shape index (κ2) is 5.40. The van der Waals surface area contributed by atoms with Crippen LogP contribution in [0.25, 0.3) is 0 Å². The van der Waals surface area contributed by atoms with E-state index >= 15 is 0 Å². The predicted molar refractivity (Wildman–Crippen MR) is 85.4 cm³/mol. The molecule has 0 fully saturated rings. The molecule has 3 heterocycles. The number of benzene rings is 1. The Morgan fingerprint density at radius 3 is 3.05 bits per heavy atom. The van der Waals surface area contributed by atoms with E-state index < -0.39 is 0 Å². The van der Waals surface area contributed by atoms with Gasteiger partial charge < -0.3 is 10.2 Å². The summed E-state index contributed by atoms with van der Waals surface area (Å²) < 4.78 is 6.06. The Morgan fingerprint density at radius 2 is 2.14 bits per heavy atom. The van der Waals surface area contributed by atoms with Crippen LogP contribution in [0.5, 0.6) is 5.75 Å². The summed E-state index contributed by atoms with van der Waals surface area (Å²) in [5, 5.41) is 0. The van der Waals surface area contributed by atoms with Gasteiger partial charge in [0.05, 0.1) is 5.69 Å². The van der Waals surface area contributed by atoms with Crippen molar-refractivity contribution in [3.8, 4) is 5.75 Å². The van der Waals surface area contributed by atoms with E-state index in [1.165, 1.54) is 4.90 Å². The number of para-hydroxylation sites is 1. The van der Waals surface area contributed by atoms with Crippen LogP contribution in [-0.4, -0.2) is 15.7 Å². The highest BCUT2D eigenvalue weighted by atomic mass is 32.2. The van der Waals surface area contributed by atoms with Crippen LogP contribution in [0.4, 0.5) is 5.82 Å². The van der Waals surface area contributed by atoms with Crippen molar-refractivity contribution in [3.05, 3.63) is 41.3 Å². The molecular weight excluding hydrogens is 304 g/mol. The van der Waals surface area contributed by atoms with E-state index in [0.29, 0.717) is 5.82 Å². The Morgan fingerprint density at radius 1 is 1.24 bits per heavy atom. The molecule has 0 saturated carbocycles. The molecule has 0 amide bonds. The Kier molecular flexibility index (Phi) is 3.40. The maximum absolute atomic E-state index is 6.06. The molecule has 0 spiro atoms. The van der Waals surface area contributed by atoms with Crippen LogP contribution >= 0.6 is 23.5 Å². The zero-order chi connectivity index (χ0) is 14.2. The number of ether oxygens (including phenoxy) is 1. The Hall–Kier alpha value is -1.44. The normalized spacial score (nSPS) is 19.6. The first-order chi connectivity index (χ1) is 10.3. The Bertz CT molecular complexity index is 695. The highest BCUT2D eigenvalue weighted by molar-refractivity contribution is 7.99. The molecule has 1 unspecified atom stereocenters. The molecule has 4 rings (SSSR count). The summed E-state index contributed by atoms with van der Waals surface area (Å²) in [5.74, 6) is 10.6. The quantitative estimate of drug-likeness (QED) is 0.651. The Labute approximate surface area is 131 Å². The first kappa shape index (κ1) is 13.2. The van der Waals surface area contributed by atoms with Crippen LogP contribution in [-0.2, 0) is 11.5 Å². The average Bonchev–Trinajstić information content (AvgIpc) is 3.02. The minimum atomic E-state index is -0.132. The van der Waals surface area contributed by atoms with Gasteiger partial charge in [-0.25, -0.2) is 15.8 Å². The maximum atomic E-state index is 6.06. The van der Waals surface area contributed by atoms with Gasteiger partial charge in [0.2, 0.25) is 0 Å². The molecule has 2 aliphatic rings. The molecule has 1 aromatic heterocycles. The summed E-state index contributed by atoms with van der Waals surface area (Å²) in [6, 6.07) is 8.06. The highest BCUT2D eigenvalue weighted by Gasteiger charge is 2.27. The summed E-state index contributed by atoms with van der Waals surface area (Å²) in [5.41, 5.74) is 4.89. The van der Waals surface area contributed by atoms with Gasteiger partial charge in [0.25, 0.3) is 0 Å². The second-order valence-corrected chi connectivity index (χ2v) is 6.90. The van der Waals surface area contributed by atoms with E-state index in [0.717, 1.165) is 40.1 Å². The molecule has 21 heavy (non-hydrogen) atoms. The van der Waals surface area contributed by atoms with Gasteiger partial charge >= 0.3 is 0 Å². The first-order valence-electron chi connectivity index (χ1n) is 6.67. The number of aromatic nitrogens is 2. The minimum absolute atomic E-state index is 0.132. The number of hydrazine groups is 1. The van der Waals surface area contributed by atoms with E-state index in [9.17, 15) is 0 Å². The zero-order valence-corrected chi connectivity index (χ0v) is 12.8. The fraction of sp³-hybridized carbons (Fsp3) is 0.286. The smallest absolute Gasteiger partial charge is 0.172 e. The van der Waals surface area contributed by atoms with Crippen molar-refractivity contribution in [1.29, 1.82) is 0 Å². The fourth-order valence-electron chi connectivity index (χ4n) is 2.48. The zero-order valence-electron chi connectivity index (χ0n) is 11.2. The van der Waals surface area contributed by atoms with Gasteiger partial charge in [0.15, 0.2) is 11.9 Å².